The summed E-state index contributed by atoms with van der Waals surface area (Å²) in [6, 6.07) is 16.8. The number of carbonyl (C=O) groups is 2. The molecule has 2 aromatic carbocycles. The Bertz CT molecular complexity index is 686. The van der Waals surface area contributed by atoms with Crippen molar-refractivity contribution < 1.29 is 14.3 Å². The smallest absolute Gasteiger partial charge is 0.411 e. The van der Waals surface area contributed by atoms with E-state index in [0.717, 1.165) is 12.2 Å². The fourth-order valence-electron chi connectivity index (χ4n) is 2.33. The predicted octanol–water partition coefficient (Wildman–Crippen LogP) is 3.96. The molecule has 0 heterocycles. The Kier molecular flexibility index (Phi) is 6.37. The zero-order valence-corrected chi connectivity index (χ0v) is 14.0. The lowest BCUT2D eigenvalue weighted by Gasteiger charge is -2.22. The number of ketones is 1. The maximum Gasteiger partial charge on any atom is 0.411 e. The molecule has 5 heteroatoms. The van der Waals surface area contributed by atoms with Gasteiger partial charge in [-0.15, -0.1) is 0 Å². The van der Waals surface area contributed by atoms with Crippen LogP contribution in [0, 0.1) is 0 Å². The number of nitrogens with one attached hydrogen (secondary N) is 1. The molecule has 1 amide bonds. The molecule has 0 saturated heterocycles. The van der Waals surface area contributed by atoms with Gasteiger partial charge in [0.15, 0.2) is 5.78 Å². The number of rotatable bonds is 7. The third-order valence-electron chi connectivity index (χ3n) is 3.61. The number of carbonyl (C=O) groups excluding carboxylic acids is 2. The molecule has 0 aromatic heterocycles. The Balaban J connectivity index is 1.83. The molecule has 0 aliphatic carbocycles. The first-order chi connectivity index (χ1) is 11.6. The number of benzene rings is 2. The van der Waals surface area contributed by atoms with E-state index in [2.05, 4.69) is 17.1 Å². The van der Waals surface area contributed by atoms with Crippen LogP contribution in [0.25, 0.3) is 0 Å². The van der Waals surface area contributed by atoms with Crippen molar-refractivity contribution in [1.29, 1.82) is 0 Å². The molecule has 0 aliphatic rings. The Morgan fingerprint density at radius 3 is 2.50 bits per heavy atom. The van der Waals surface area contributed by atoms with Gasteiger partial charge in [-0.25, -0.2) is 4.79 Å². The van der Waals surface area contributed by atoms with Crippen LogP contribution in [0.2, 0.25) is 0 Å². The molecule has 1 N–H and O–H groups in total. The Morgan fingerprint density at radius 2 is 1.83 bits per heavy atom. The van der Waals surface area contributed by atoms with Crippen LogP contribution in [0.1, 0.15) is 24.2 Å². The van der Waals surface area contributed by atoms with E-state index in [1.807, 2.05) is 30.3 Å². The largest absolute Gasteiger partial charge is 0.447 e. The number of likely N-dealkylation sites (N-methyl/N-ethyl adjacent to an activating group) is 1. The summed E-state index contributed by atoms with van der Waals surface area (Å²) in [5.41, 5.74) is 2.19. The summed E-state index contributed by atoms with van der Waals surface area (Å²) in [5, 5.41) is 2.64. The first-order valence-corrected chi connectivity index (χ1v) is 7.95. The van der Waals surface area contributed by atoms with Crippen molar-refractivity contribution >= 4 is 23.3 Å². The van der Waals surface area contributed by atoms with Crippen LogP contribution in [-0.2, 0) is 4.74 Å². The Morgan fingerprint density at radius 1 is 1.08 bits per heavy atom. The predicted molar refractivity (Wildman–Crippen MR) is 95.7 cm³/mol. The lowest BCUT2D eigenvalue weighted by Crippen LogP contribution is -2.28. The SMILES string of the molecule is CCN(CCOC(=O)Nc1cccc(C(C)=O)c1)c1ccccc1. The van der Waals surface area contributed by atoms with Crippen LogP contribution in [0.3, 0.4) is 0 Å². The number of nitrogens with zero attached hydrogens (tertiary/aromatic N) is 1. The number of amides is 1. The molecule has 0 radical (unpaired) electrons. The third kappa shape index (κ3) is 5.12. The van der Waals surface area contributed by atoms with E-state index in [9.17, 15) is 9.59 Å². The van der Waals surface area contributed by atoms with Gasteiger partial charge < -0.3 is 9.64 Å². The van der Waals surface area contributed by atoms with Crippen molar-refractivity contribution in [3.8, 4) is 0 Å². The molecule has 0 bridgehead atoms. The normalized spacial score (nSPS) is 10.1. The van der Waals surface area contributed by atoms with Crippen molar-refractivity contribution in [2.75, 3.05) is 29.9 Å². The van der Waals surface area contributed by atoms with E-state index in [-0.39, 0.29) is 12.4 Å². The number of ether oxygens (including phenoxy) is 1. The van der Waals surface area contributed by atoms with Gasteiger partial charge in [0.2, 0.25) is 0 Å². The van der Waals surface area contributed by atoms with Gasteiger partial charge in [-0.1, -0.05) is 30.3 Å². The minimum Gasteiger partial charge on any atom is -0.447 e. The molecule has 5 nitrogen and oxygen atoms in total. The van der Waals surface area contributed by atoms with E-state index in [4.69, 9.17) is 4.74 Å². The van der Waals surface area contributed by atoms with E-state index >= 15 is 0 Å². The fourth-order valence-corrected chi connectivity index (χ4v) is 2.33. The standard InChI is InChI=1S/C19H22N2O3/c1-3-21(18-10-5-4-6-11-18)12-13-24-19(23)20-17-9-7-8-16(14-17)15(2)22/h4-11,14H,3,12-13H2,1-2H3,(H,20,23). The van der Waals surface area contributed by atoms with Crippen LogP contribution in [0.5, 0.6) is 0 Å². The average Bonchev–Trinajstić information content (AvgIpc) is 2.59. The van der Waals surface area contributed by atoms with Gasteiger partial charge in [-0.3, -0.25) is 10.1 Å². The van der Waals surface area contributed by atoms with Gasteiger partial charge in [0.1, 0.15) is 6.61 Å². The van der Waals surface area contributed by atoms with Gasteiger partial charge in [0, 0.05) is 23.5 Å². The van der Waals surface area contributed by atoms with E-state index in [1.165, 1.54) is 6.92 Å². The molecular formula is C19H22N2O3. The average molecular weight is 326 g/mol. The van der Waals surface area contributed by atoms with Crippen molar-refractivity contribution in [2.45, 2.75) is 13.8 Å². The summed E-state index contributed by atoms with van der Waals surface area (Å²) in [4.78, 5) is 25.3. The van der Waals surface area contributed by atoms with Crippen LogP contribution in [0.15, 0.2) is 54.6 Å². The summed E-state index contributed by atoms with van der Waals surface area (Å²) in [7, 11) is 0. The first kappa shape index (κ1) is 17.5. The lowest BCUT2D eigenvalue weighted by molar-refractivity contribution is 0.101. The zero-order valence-electron chi connectivity index (χ0n) is 14.0. The summed E-state index contributed by atoms with van der Waals surface area (Å²) in [6.07, 6.45) is -0.528. The maximum atomic E-state index is 11.9. The molecule has 0 atom stereocenters. The maximum absolute atomic E-state index is 11.9. The number of hydrogen-bond donors (Lipinski definition) is 1. The van der Waals surface area contributed by atoms with E-state index < -0.39 is 6.09 Å². The van der Waals surface area contributed by atoms with E-state index in [0.29, 0.717) is 17.8 Å². The minimum absolute atomic E-state index is 0.0477. The second-order valence-corrected chi connectivity index (χ2v) is 5.31. The number of anilines is 2. The van der Waals surface area contributed by atoms with Gasteiger partial charge >= 0.3 is 6.09 Å². The first-order valence-electron chi connectivity index (χ1n) is 7.95. The van der Waals surface area contributed by atoms with Crippen molar-refractivity contribution in [1.82, 2.24) is 0 Å². The molecule has 0 unspecified atom stereocenters. The Labute approximate surface area is 142 Å². The summed E-state index contributed by atoms with van der Waals surface area (Å²) in [6.45, 7) is 5.26. The topological polar surface area (TPSA) is 58.6 Å². The zero-order chi connectivity index (χ0) is 17.4. The molecule has 0 saturated carbocycles. The molecule has 24 heavy (non-hydrogen) atoms. The van der Waals surface area contributed by atoms with E-state index in [1.54, 1.807) is 24.3 Å². The summed E-state index contributed by atoms with van der Waals surface area (Å²) >= 11 is 0. The van der Waals surface area contributed by atoms with Crippen LogP contribution < -0.4 is 10.2 Å². The molecule has 126 valence electrons. The summed E-state index contributed by atoms with van der Waals surface area (Å²) < 4.78 is 5.22. The van der Waals surface area contributed by atoms with Gasteiger partial charge in [-0.2, -0.15) is 0 Å². The van der Waals surface area contributed by atoms with Crippen molar-refractivity contribution in [3.63, 3.8) is 0 Å². The number of Topliss-reactive ketones (excluding diaryl/α,β-unsaturated/α-hetero) is 1. The van der Waals surface area contributed by atoms with Crippen LogP contribution in [-0.4, -0.2) is 31.6 Å². The summed E-state index contributed by atoms with van der Waals surface area (Å²) in [5.74, 6) is -0.0477. The van der Waals surface area contributed by atoms with Crippen LogP contribution in [0.4, 0.5) is 16.2 Å². The molecule has 0 spiro atoms. The highest BCUT2D eigenvalue weighted by atomic mass is 16.5. The van der Waals surface area contributed by atoms with Gasteiger partial charge in [0.25, 0.3) is 0 Å². The fraction of sp³-hybridized carbons (Fsp3) is 0.263. The number of hydrogen-bond acceptors (Lipinski definition) is 4. The van der Waals surface area contributed by atoms with Gasteiger partial charge in [0.05, 0.1) is 6.54 Å². The molecule has 2 rings (SSSR count). The number of para-hydroxylation sites is 1. The quantitative estimate of drug-likeness (QED) is 0.782. The second-order valence-electron chi connectivity index (χ2n) is 5.31. The Hall–Kier alpha value is -2.82. The van der Waals surface area contributed by atoms with Crippen molar-refractivity contribution in [2.24, 2.45) is 0 Å². The third-order valence-corrected chi connectivity index (χ3v) is 3.61. The highest BCUT2D eigenvalue weighted by molar-refractivity contribution is 5.96. The molecule has 0 fully saturated rings. The highest BCUT2D eigenvalue weighted by Gasteiger charge is 2.08. The molecule has 2 aromatic rings. The monoisotopic (exact) mass is 326 g/mol. The van der Waals surface area contributed by atoms with Crippen molar-refractivity contribution in [3.05, 3.63) is 60.2 Å². The molecule has 0 aliphatic heterocycles. The molecular weight excluding hydrogens is 304 g/mol. The highest BCUT2D eigenvalue weighted by Crippen LogP contribution is 2.13. The van der Waals surface area contributed by atoms with Crippen LogP contribution >= 0.6 is 0 Å². The minimum atomic E-state index is -0.528. The van der Waals surface area contributed by atoms with Gasteiger partial charge in [-0.05, 0) is 38.1 Å². The lowest BCUT2D eigenvalue weighted by atomic mass is 10.1. The second kappa shape index (κ2) is 8.72.